The topological polar surface area (TPSA) is 53.0 Å². The van der Waals surface area contributed by atoms with Crippen LogP contribution in [-0.4, -0.2) is 56.8 Å². The van der Waals surface area contributed by atoms with Crippen molar-refractivity contribution in [1.29, 1.82) is 0 Å². The molecule has 5 nitrogen and oxygen atoms in total. The van der Waals surface area contributed by atoms with Crippen LogP contribution in [0, 0.1) is 11.8 Å². The van der Waals surface area contributed by atoms with Crippen molar-refractivity contribution in [2.24, 2.45) is 11.8 Å². The summed E-state index contributed by atoms with van der Waals surface area (Å²) in [4.78, 5) is 17.9. The van der Waals surface area contributed by atoms with E-state index in [4.69, 9.17) is 17.0 Å². The highest BCUT2D eigenvalue weighted by Gasteiger charge is 2.62. The first-order chi connectivity index (χ1) is 11.5. The molecule has 1 aliphatic carbocycles. The average molecular weight is 367 g/mol. The van der Waals surface area contributed by atoms with Crippen LogP contribution >= 0.6 is 23.6 Å². The third-order valence-corrected chi connectivity index (χ3v) is 6.54. The lowest BCUT2D eigenvalue weighted by Crippen LogP contribution is -2.66. The van der Waals surface area contributed by atoms with E-state index in [-0.39, 0.29) is 24.0 Å². The van der Waals surface area contributed by atoms with Crippen LogP contribution in [0.4, 0.5) is 0 Å². The maximum atomic E-state index is 12.3. The van der Waals surface area contributed by atoms with E-state index in [0.29, 0.717) is 18.9 Å². The van der Waals surface area contributed by atoms with Crippen LogP contribution in [0.5, 0.6) is 0 Å². The van der Waals surface area contributed by atoms with Crippen molar-refractivity contribution in [2.75, 3.05) is 6.54 Å². The van der Waals surface area contributed by atoms with Gasteiger partial charge in [0.1, 0.15) is 6.10 Å². The minimum absolute atomic E-state index is 0.0227. The minimum atomic E-state index is -0.596. The van der Waals surface area contributed by atoms with Gasteiger partial charge in [0, 0.05) is 11.4 Å². The van der Waals surface area contributed by atoms with Crippen LogP contribution in [0.1, 0.15) is 25.1 Å². The zero-order valence-electron chi connectivity index (χ0n) is 13.8. The number of nitrogens with zero attached hydrogens (tertiary/aromatic N) is 2. The number of thiophene rings is 1. The van der Waals surface area contributed by atoms with Gasteiger partial charge >= 0.3 is 5.97 Å². The second-order valence-corrected chi connectivity index (χ2v) is 8.73. The summed E-state index contributed by atoms with van der Waals surface area (Å²) in [7, 11) is 0. The lowest BCUT2D eigenvalue weighted by molar-refractivity contribution is -0.199. The number of carbonyl (C=O) groups is 1. The third-order valence-electron chi connectivity index (χ3n) is 5.21. The van der Waals surface area contributed by atoms with E-state index in [9.17, 15) is 9.90 Å². The van der Waals surface area contributed by atoms with Crippen molar-refractivity contribution in [3.63, 3.8) is 0 Å². The molecule has 1 aromatic heterocycles. The third kappa shape index (κ3) is 2.45. The first-order valence-electron chi connectivity index (χ1n) is 8.45. The van der Waals surface area contributed by atoms with E-state index in [0.717, 1.165) is 11.7 Å². The van der Waals surface area contributed by atoms with Crippen molar-refractivity contribution in [2.45, 2.75) is 51.1 Å². The first-order valence-corrected chi connectivity index (χ1v) is 9.74. The molecule has 3 saturated heterocycles. The molecule has 1 saturated carbocycles. The minimum Gasteiger partial charge on any atom is -0.457 e. The van der Waals surface area contributed by atoms with Gasteiger partial charge in [-0.05, 0) is 36.0 Å². The van der Waals surface area contributed by atoms with Gasteiger partial charge in [0.15, 0.2) is 5.11 Å². The Balaban J connectivity index is 1.70. The van der Waals surface area contributed by atoms with Gasteiger partial charge in [0.2, 0.25) is 0 Å². The van der Waals surface area contributed by atoms with Crippen LogP contribution in [0.25, 0.3) is 0 Å². The second kappa shape index (κ2) is 5.97. The quantitative estimate of drug-likeness (QED) is 0.648. The van der Waals surface area contributed by atoms with Gasteiger partial charge in [-0.15, -0.1) is 11.3 Å². The van der Waals surface area contributed by atoms with Crippen molar-refractivity contribution >= 4 is 34.6 Å². The fourth-order valence-electron chi connectivity index (χ4n) is 4.32. The molecule has 5 atom stereocenters. The number of rotatable bonds is 4. The molecule has 0 unspecified atom stereocenters. The summed E-state index contributed by atoms with van der Waals surface area (Å²) in [6.07, 6.45) is -0.599. The summed E-state index contributed by atoms with van der Waals surface area (Å²) in [5, 5.41) is 13.2. The van der Waals surface area contributed by atoms with Crippen molar-refractivity contribution < 1.29 is 14.6 Å². The normalized spacial score (nSPS) is 34.9. The van der Waals surface area contributed by atoms with Gasteiger partial charge < -0.3 is 19.6 Å². The molecule has 5 rings (SSSR count). The van der Waals surface area contributed by atoms with E-state index >= 15 is 0 Å². The Labute approximate surface area is 151 Å². The molecule has 0 spiro atoms. The molecule has 3 aliphatic heterocycles. The van der Waals surface area contributed by atoms with Gasteiger partial charge in [-0.25, -0.2) is 0 Å². The van der Waals surface area contributed by atoms with Crippen molar-refractivity contribution in [3.8, 4) is 0 Å². The Bertz CT molecular complexity index is 648. The van der Waals surface area contributed by atoms with Gasteiger partial charge in [0.05, 0.1) is 30.7 Å². The van der Waals surface area contributed by atoms with Crippen LogP contribution in [0.3, 0.4) is 0 Å². The standard InChI is InChI=1S/C17H22N2O3S2/c1-9(2)7-18-13-11-6-12(20)15(22-16(11)21)14(13)19(17(18)23)8-10-4-3-5-24-10/h3-5,9,11-15,20H,6-8H2,1-2H3/t11-,12-,13-,14-,15+/m1/s1. The second-order valence-electron chi connectivity index (χ2n) is 7.33. The Kier molecular flexibility index (Phi) is 4.05. The Morgan fingerprint density at radius 1 is 1.42 bits per heavy atom. The molecule has 1 aromatic rings. The number of aliphatic hydroxyl groups excluding tert-OH is 1. The number of aliphatic hydroxyl groups is 1. The van der Waals surface area contributed by atoms with Crippen molar-refractivity contribution in [3.05, 3.63) is 22.4 Å². The Morgan fingerprint density at radius 2 is 2.21 bits per heavy atom. The Hall–Kier alpha value is -1.18. The molecule has 0 radical (unpaired) electrons. The number of carbonyl (C=O) groups excluding carboxylic acids is 1. The predicted octanol–water partition coefficient (Wildman–Crippen LogP) is 1.85. The zero-order chi connectivity index (χ0) is 17.0. The van der Waals surface area contributed by atoms with E-state index in [2.05, 4.69) is 35.1 Å². The van der Waals surface area contributed by atoms with Crippen LogP contribution in [-0.2, 0) is 16.1 Å². The summed E-state index contributed by atoms with van der Waals surface area (Å²) in [5.41, 5.74) is 0. The van der Waals surface area contributed by atoms with Gasteiger partial charge in [0.25, 0.3) is 0 Å². The zero-order valence-corrected chi connectivity index (χ0v) is 15.4. The molecule has 4 fully saturated rings. The molecule has 4 heterocycles. The summed E-state index contributed by atoms with van der Waals surface area (Å²) < 4.78 is 5.55. The highest BCUT2D eigenvalue weighted by Crippen LogP contribution is 2.45. The fourth-order valence-corrected chi connectivity index (χ4v) is 5.40. The predicted molar refractivity (Wildman–Crippen MR) is 95.6 cm³/mol. The van der Waals surface area contributed by atoms with E-state index in [1.165, 1.54) is 4.88 Å². The van der Waals surface area contributed by atoms with Crippen LogP contribution in [0.2, 0.25) is 0 Å². The summed E-state index contributed by atoms with van der Waals surface area (Å²) in [6.45, 7) is 5.86. The molecule has 0 aromatic carbocycles. The molecular weight excluding hydrogens is 344 g/mol. The maximum absolute atomic E-state index is 12.3. The van der Waals surface area contributed by atoms with E-state index in [1.54, 1.807) is 11.3 Å². The monoisotopic (exact) mass is 366 g/mol. The first kappa shape index (κ1) is 16.3. The van der Waals surface area contributed by atoms with E-state index < -0.39 is 12.2 Å². The highest BCUT2D eigenvalue weighted by atomic mass is 32.1. The number of hydrogen-bond donors (Lipinski definition) is 1. The Morgan fingerprint density at radius 3 is 2.88 bits per heavy atom. The summed E-state index contributed by atoms with van der Waals surface area (Å²) >= 11 is 7.48. The number of thiocarbonyl (C=S) groups is 1. The number of fused-ring (bicyclic) bond motifs is 2. The fraction of sp³-hybridized carbons (Fsp3) is 0.647. The van der Waals surface area contributed by atoms with Crippen molar-refractivity contribution in [1.82, 2.24) is 9.80 Å². The molecule has 7 heteroatoms. The van der Waals surface area contributed by atoms with E-state index in [1.807, 2.05) is 6.07 Å². The number of hydrogen-bond acceptors (Lipinski definition) is 5. The highest BCUT2D eigenvalue weighted by molar-refractivity contribution is 7.80. The molecule has 2 bridgehead atoms. The molecular formula is C17H22N2O3S2. The molecule has 24 heavy (non-hydrogen) atoms. The van der Waals surface area contributed by atoms with Crippen LogP contribution < -0.4 is 0 Å². The smallest absolute Gasteiger partial charge is 0.311 e. The van der Waals surface area contributed by atoms with Gasteiger partial charge in [-0.2, -0.15) is 0 Å². The largest absolute Gasteiger partial charge is 0.457 e. The molecule has 1 N–H and O–H groups in total. The van der Waals surface area contributed by atoms with Crippen LogP contribution in [0.15, 0.2) is 17.5 Å². The van der Waals surface area contributed by atoms with Gasteiger partial charge in [-0.1, -0.05) is 19.9 Å². The molecule has 0 amide bonds. The maximum Gasteiger partial charge on any atom is 0.311 e. The number of ether oxygens (including phenoxy) is 1. The molecule has 130 valence electrons. The SMILES string of the molecule is CC(C)CN1C(=S)N(Cc2cccs2)[C@H]2[C@H]3OC(=O)[C@H](C[C@H]3O)[C@H]21. The lowest BCUT2D eigenvalue weighted by Gasteiger charge is -2.49. The van der Waals surface area contributed by atoms with Gasteiger partial charge in [-0.3, -0.25) is 4.79 Å². The lowest BCUT2D eigenvalue weighted by atomic mass is 9.74. The summed E-state index contributed by atoms with van der Waals surface area (Å²) in [5.74, 6) is -0.0206. The summed E-state index contributed by atoms with van der Waals surface area (Å²) in [6, 6.07) is 4.10. The number of esters is 1. The molecule has 4 aliphatic rings. The average Bonchev–Trinajstić information content (AvgIpc) is 3.12.